The summed E-state index contributed by atoms with van der Waals surface area (Å²) in [5.41, 5.74) is 0.979. The van der Waals surface area contributed by atoms with Crippen LogP contribution in [0.2, 0.25) is 10.0 Å². The normalized spacial score (nSPS) is 11.9. The molecule has 0 aliphatic heterocycles. The number of amides is 2. The zero-order valence-electron chi connectivity index (χ0n) is 27.5. The fraction of sp³-hybridized carbons (Fsp3) is 0.235. The molecule has 4 aromatic rings. The lowest BCUT2D eigenvalue weighted by molar-refractivity contribution is 0.101. The predicted octanol–water partition coefficient (Wildman–Crippen LogP) is 8.17. The first-order valence-electron chi connectivity index (χ1n) is 15.3. The van der Waals surface area contributed by atoms with Crippen molar-refractivity contribution < 1.29 is 26.4 Å². The number of benzene rings is 4. The lowest BCUT2D eigenvalue weighted by Crippen LogP contribution is -2.27. The molecule has 0 heterocycles. The highest BCUT2D eigenvalue weighted by Crippen LogP contribution is 2.45. The number of rotatable bonds is 15. The molecular formula is C34H36Cl2N4O6S4. The number of hydrogen-bond donors (Lipinski definition) is 4. The highest BCUT2D eigenvalue weighted by atomic mass is 35.5. The smallest absolute Gasteiger partial charge is 0.257 e. The molecule has 2 amide bonds. The van der Waals surface area contributed by atoms with E-state index in [1.165, 1.54) is 36.4 Å². The lowest BCUT2D eigenvalue weighted by atomic mass is 10.2. The van der Waals surface area contributed by atoms with Crippen molar-refractivity contribution in [1.29, 1.82) is 0 Å². The SMILES string of the molecule is CC(C)CNS(=O)(=O)c1ccc(NC(=O)c2ccccc2Cl)c(SSc2cc(S(=O)(=O)NCC(C)C)ccc2NC(=O)c2ccccc2Cl)c1. The zero-order chi connectivity index (χ0) is 36.6. The van der Waals surface area contributed by atoms with E-state index in [0.29, 0.717) is 9.79 Å². The Hall–Kier alpha value is -3.08. The average Bonchev–Trinajstić information content (AvgIpc) is 3.06. The standard InChI is InChI=1S/C34H36Cl2N4O6S4/c1-21(2)19-37-49(43,44)23-13-15-29(39-33(41)25-9-5-7-11-27(25)35)31(17-23)47-48-32-18-24(50(45,46)38-20-22(3)4)14-16-30(32)40-34(42)26-10-6-8-12-28(26)36/h5-18,21-22,37-38H,19-20H2,1-4H3,(H,39,41)(H,40,42). The van der Waals surface area contributed by atoms with Crippen LogP contribution in [0.3, 0.4) is 0 Å². The van der Waals surface area contributed by atoms with Crippen molar-refractivity contribution in [2.45, 2.75) is 47.3 Å². The number of nitrogens with one attached hydrogen (secondary N) is 4. The van der Waals surface area contributed by atoms with E-state index in [2.05, 4.69) is 20.1 Å². The van der Waals surface area contributed by atoms with Gasteiger partial charge in [0, 0.05) is 22.9 Å². The van der Waals surface area contributed by atoms with Crippen LogP contribution in [0.5, 0.6) is 0 Å². The van der Waals surface area contributed by atoms with Crippen molar-refractivity contribution in [3.05, 3.63) is 106 Å². The van der Waals surface area contributed by atoms with Crippen LogP contribution < -0.4 is 20.1 Å². The van der Waals surface area contributed by atoms with Crippen molar-refractivity contribution in [3.8, 4) is 0 Å². The topological polar surface area (TPSA) is 151 Å². The number of carbonyl (C=O) groups excluding carboxylic acids is 2. The van der Waals surface area contributed by atoms with Crippen molar-refractivity contribution in [3.63, 3.8) is 0 Å². The van der Waals surface area contributed by atoms with Crippen molar-refractivity contribution >= 4 is 88.0 Å². The molecule has 4 N–H and O–H groups in total. The number of hydrogen-bond acceptors (Lipinski definition) is 8. The Bertz CT molecular complexity index is 1950. The van der Waals surface area contributed by atoms with E-state index in [4.69, 9.17) is 23.2 Å². The van der Waals surface area contributed by atoms with Gasteiger partial charge in [-0.3, -0.25) is 9.59 Å². The molecule has 10 nitrogen and oxygen atoms in total. The Kier molecular flexibility index (Phi) is 13.8. The first kappa shape index (κ1) is 39.7. The van der Waals surface area contributed by atoms with Gasteiger partial charge in [-0.05, 0) is 72.5 Å². The van der Waals surface area contributed by atoms with E-state index in [1.54, 1.807) is 48.5 Å². The number of sulfonamides is 2. The summed E-state index contributed by atoms with van der Waals surface area (Å²) >= 11 is 12.5. The van der Waals surface area contributed by atoms with E-state index in [9.17, 15) is 26.4 Å². The molecule has 0 bridgehead atoms. The molecule has 0 radical (unpaired) electrons. The molecule has 266 valence electrons. The maximum Gasteiger partial charge on any atom is 0.257 e. The molecule has 0 aliphatic rings. The fourth-order valence-electron chi connectivity index (χ4n) is 4.16. The minimum absolute atomic E-state index is 0.0431. The summed E-state index contributed by atoms with van der Waals surface area (Å²) in [7, 11) is -5.74. The predicted molar refractivity (Wildman–Crippen MR) is 203 cm³/mol. The highest BCUT2D eigenvalue weighted by molar-refractivity contribution is 8.76. The summed E-state index contributed by atoms with van der Waals surface area (Å²) in [5, 5.41) is 6.07. The minimum Gasteiger partial charge on any atom is -0.321 e. The number of anilines is 2. The van der Waals surface area contributed by atoms with Gasteiger partial charge in [0.25, 0.3) is 11.8 Å². The Labute approximate surface area is 311 Å². The van der Waals surface area contributed by atoms with Gasteiger partial charge >= 0.3 is 0 Å². The minimum atomic E-state index is -3.93. The van der Waals surface area contributed by atoms with E-state index < -0.39 is 31.9 Å². The van der Waals surface area contributed by atoms with Gasteiger partial charge in [0.1, 0.15) is 0 Å². The van der Waals surface area contributed by atoms with Crippen LogP contribution in [0.15, 0.2) is 105 Å². The van der Waals surface area contributed by atoms with Crippen LogP contribution in [0.1, 0.15) is 48.4 Å². The van der Waals surface area contributed by atoms with E-state index in [1.807, 2.05) is 27.7 Å². The molecular weight excluding hydrogens is 760 g/mol. The van der Waals surface area contributed by atoms with Gasteiger partial charge < -0.3 is 10.6 Å². The number of carbonyl (C=O) groups is 2. The van der Waals surface area contributed by atoms with Crippen molar-refractivity contribution in [2.75, 3.05) is 23.7 Å². The molecule has 0 saturated carbocycles. The van der Waals surface area contributed by atoms with Crippen LogP contribution in [-0.4, -0.2) is 41.7 Å². The Balaban J connectivity index is 1.75. The average molecular weight is 796 g/mol. The number of halogens is 2. The van der Waals surface area contributed by atoms with Gasteiger partial charge in [0.05, 0.1) is 42.3 Å². The van der Waals surface area contributed by atoms with Gasteiger partial charge in [0.15, 0.2) is 0 Å². The summed E-state index contributed by atoms with van der Waals surface area (Å²) in [6.07, 6.45) is 0. The Morgan fingerprint density at radius 2 is 0.960 bits per heavy atom. The van der Waals surface area contributed by atoms with Crippen LogP contribution in [0.4, 0.5) is 11.4 Å². The Morgan fingerprint density at radius 1 is 0.600 bits per heavy atom. The third kappa shape index (κ3) is 10.7. The van der Waals surface area contributed by atoms with Crippen LogP contribution in [0, 0.1) is 11.8 Å². The molecule has 16 heteroatoms. The van der Waals surface area contributed by atoms with Crippen molar-refractivity contribution in [1.82, 2.24) is 9.44 Å². The quantitative estimate of drug-likeness (QED) is 0.0881. The monoisotopic (exact) mass is 794 g/mol. The lowest BCUT2D eigenvalue weighted by Gasteiger charge is -2.16. The second-order valence-electron chi connectivity index (χ2n) is 11.8. The molecule has 0 saturated heterocycles. The fourth-order valence-corrected chi connectivity index (χ4v) is 9.55. The third-order valence-electron chi connectivity index (χ3n) is 6.84. The molecule has 0 aromatic heterocycles. The summed E-state index contributed by atoms with van der Waals surface area (Å²) in [6.45, 7) is 7.94. The van der Waals surface area contributed by atoms with Crippen LogP contribution in [0.25, 0.3) is 0 Å². The van der Waals surface area contributed by atoms with Gasteiger partial charge in [-0.15, -0.1) is 0 Å². The summed E-state index contributed by atoms with van der Waals surface area (Å²) in [4.78, 5) is 27.1. The van der Waals surface area contributed by atoms with Crippen LogP contribution >= 0.6 is 44.8 Å². The largest absolute Gasteiger partial charge is 0.321 e. The van der Waals surface area contributed by atoms with Gasteiger partial charge in [-0.2, -0.15) is 0 Å². The van der Waals surface area contributed by atoms with Crippen molar-refractivity contribution in [2.24, 2.45) is 11.8 Å². The zero-order valence-corrected chi connectivity index (χ0v) is 32.3. The van der Waals surface area contributed by atoms with Gasteiger partial charge in [-0.1, -0.05) is 96.8 Å². The summed E-state index contributed by atoms with van der Waals surface area (Å²) in [6, 6.07) is 21.5. The maximum atomic E-state index is 13.2. The molecule has 4 rings (SSSR count). The second-order valence-corrected chi connectivity index (χ2v) is 18.4. The molecule has 0 spiro atoms. The van der Waals surface area contributed by atoms with Crippen LogP contribution in [-0.2, 0) is 20.0 Å². The highest BCUT2D eigenvalue weighted by Gasteiger charge is 2.22. The third-order valence-corrected chi connectivity index (χ3v) is 12.8. The molecule has 0 atom stereocenters. The van der Waals surface area contributed by atoms with Gasteiger partial charge in [-0.25, -0.2) is 26.3 Å². The van der Waals surface area contributed by atoms with Gasteiger partial charge in [0.2, 0.25) is 20.0 Å². The Morgan fingerprint density at radius 3 is 1.30 bits per heavy atom. The molecule has 0 fully saturated rings. The molecule has 4 aromatic carbocycles. The van der Waals surface area contributed by atoms with E-state index in [-0.39, 0.29) is 67.3 Å². The second kappa shape index (κ2) is 17.4. The molecule has 0 unspecified atom stereocenters. The van der Waals surface area contributed by atoms with E-state index in [0.717, 1.165) is 21.6 Å². The first-order valence-corrected chi connectivity index (χ1v) is 21.2. The maximum absolute atomic E-state index is 13.2. The summed E-state index contributed by atoms with van der Waals surface area (Å²) < 4.78 is 58.0. The van der Waals surface area contributed by atoms with E-state index >= 15 is 0 Å². The molecule has 50 heavy (non-hydrogen) atoms. The molecule has 0 aliphatic carbocycles. The first-order chi connectivity index (χ1) is 23.6. The summed E-state index contributed by atoms with van der Waals surface area (Å²) in [5.74, 6) is -0.927.